The maximum absolute atomic E-state index is 12.8. The molecule has 0 saturated carbocycles. The molecule has 1 N–H and O–H groups in total. The van der Waals surface area contributed by atoms with E-state index in [-0.39, 0.29) is 29.1 Å². The van der Waals surface area contributed by atoms with Crippen LogP contribution in [-0.2, 0) is 22.4 Å². The van der Waals surface area contributed by atoms with E-state index in [1.165, 1.54) is 23.1 Å². The lowest BCUT2D eigenvalue weighted by Gasteiger charge is -2.13. The summed E-state index contributed by atoms with van der Waals surface area (Å²) in [7, 11) is 1.60. The van der Waals surface area contributed by atoms with Crippen LogP contribution in [-0.4, -0.2) is 55.4 Å². The van der Waals surface area contributed by atoms with Crippen LogP contribution < -0.4 is 10.1 Å². The first kappa shape index (κ1) is 24.7. The number of imide groups is 1. The fourth-order valence-electron chi connectivity index (χ4n) is 3.91. The van der Waals surface area contributed by atoms with E-state index in [0.717, 1.165) is 16.9 Å². The van der Waals surface area contributed by atoms with E-state index < -0.39 is 24.4 Å². The smallest absolute Gasteiger partial charge is 0.338 e. The van der Waals surface area contributed by atoms with Crippen LogP contribution in [0.15, 0.2) is 72.8 Å². The van der Waals surface area contributed by atoms with Crippen molar-refractivity contribution in [3.05, 3.63) is 101 Å². The summed E-state index contributed by atoms with van der Waals surface area (Å²) in [6.07, 6.45) is 1.15. The van der Waals surface area contributed by atoms with Gasteiger partial charge in [0.2, 0.25) is 0 Å². The van der Waals surface area contributed by atoms with Gasteiger partial charge in [-0.3, -0.25) is 19.3 Å². The number of carbonyl (C=O) groups is 4. The Morgan fingerprint density at radius 3 is 2.25 bits per heavy atom. The Morgan fingerprint density at radius 1 is 0.833 bits per heavy atom. The fraction of sp³-hybridized carbons (Fsp3) is 0.214. The van der Waals surface area contributed by atoms with Crippen LogP contribution in [0.1, 0.15) is 42.2 Å². The van der Waals surface area contributed by atoms with Crippen LogP contribution in [0.4, 0.5) is 0 Å². The molecule has 0 atom stereocenters. The fourth-order valence-corrected chi connectivity index (χ4v) is 3.91. The second-order valence-electron chi connectivity index (χ2n) is 8.28. The van der Waals surface area contributed by atoms with Crippen LogP contribution in [0.3, 0.4) is 0 Å². The van der Waals surface area contributed by atoms with Crippen molar-refractivity contribution in [3.63, 3.8) is 0 Å². The van der Waals surface area contributed by atoms with Gasteiger partial charge in [-0.25, -0.2) is 4.79 Å². The minimum atomic E-state index is -0.744. The number of hydrogen-bond acceptors (Lipinski definition) is 6. The zero-order valence-electron chi connectivity index (χ0n) is 19.9. The van der Waals surface area contributed by atoms with E-state index in [1.54, 1.807) is 7.11 Å². The molecule has 3 amide bonds. The summed E-state index contributed by atoms with van der Waals surface area (Å²) < 4.78 is 10.2. The van der Waals surface area contributed by atoms with Gasteiger partial charge in [0, 0.05) is 13.1 Å². The Kier molecular flexibility index (Phi) is 7.75. The van der Waals surface area contributed by atoms with Crippen molar-refractivity contribution in [3.8, 4) is 5.75 Å². The van der Waals surface area contributed by atoms with Crippen LogP contribution in [0, 0.1) is 0 Å². The van der Waals surface area contributed by atoms with Crippen molar-refractivity contribution >= 4 is 23.7 Å². The van der Waals surface area contributed by atoms with E-state index >= 15 is 0 Å². The molecule has 0 radical (unpaired) electrons. The van der Waals surface area contributed by atoms with Gasteiger partial charge in [-0.2, -0.15) is 0 Å². The summed E-state index contributed by atoms with van der Waals surface area (Å²) in [5.41, 5.74) is 2.56. The lowest BCUT2D eigenvalue weighted by atomic mass is 10.1. The van der Waals surface area contributed by atoms with Gasteiger partial charge in [0.15, 0.2) is 6.61 Å². The third-order valence-corrected chi connectivity index (χ3v) is 5.90. The molecule has 0 aliphatic carbocycles. The summed E-state index contributed by atoms with van der Waals surface area (Å²) in [4.78, 5) is 51.2. The van der Waals surface area contributed by atoms with Gasteiger partial charge < -0.3 is 14.8 Å². The van der Waals surface area contributed by atoms with Gasteiger partial charge in [-0.15, -0.1) is 0 Å². The number of rotatable bonds is 10. The highest BCUT2D eigenvalue weighted by molar-refractivity contribution is 6.22. The number of methoxy groups -OCH3 is 1. The number of hydrogen-bond donors (Lipinski definition) is 1. The molecule has 36 heavy (non-hydrogen) atoms. The Balaban J connectivity index is 1.27. The molecule has 0 fully saturated rings. The van der Waals surface area contributed by atoms with Gasteiger partial charge in [0.05, 0.1) is 23.8 Å². The predicted molar refractivity (Wildman–Crippen MR) is 132 cm³/mol. The van der Waals surface area contributed by atoms with Gasteiger partial charge in [0.1, 0.15) is 5.75 Å². The van der Waals surface area contributed by atoms with Crippen LogP contribution in [0.5, 0.6) is 5.75 Å². The van der Waals surface area contributed by atoms with E-state index in [2.05, 4.69) is 5.32 Å². The number of amides is 3. The van der Waals surface area contributed by atoms with Crippen LogP contribution in [0.25, 0.3) is 0 Å². The van der Waals surface area contributed by atoms with Gasteiger partial charge in [0.25, 0.3) is 17.7 Å². The van der Waals surface area contributed by atoms with Gasteiger partial charge in [-0.1, -0.05) is 42.5 Å². The molecule has 0 spiro atoms. The number of esters is 1. The molecule has 1 aliphatic rings. The first-order valence-electron chi connectivity index (χ1n) is 11.6. The molecule has 0 unspecified atom stereocenters. The second-order valence-corrected chi connectivity index (χ2v) is 8.28. The summed E-state index contributed by atoms with van der Waals surface area (Å²) in [6.45, 7) is 0.179. The van der Waals surface area contributed by atoms with Crippen molar-refractivity contribution in [1.29, 1.82) is 0 Å². The van der Waals surface area contributed by atoms with Crippen LogP contribution in [0.2, 0.25) is 0 Å². The SMILES string of the molecule is COc1ccc(CCNC(=O)COC(=O)c2ccc3c(c2)C(=O)N(CCc2ccccc2)C3=O)cc1. The third-order valence-electron chi connectivity index (χ3n) is 5.90. The molecule has 184 valence electrons. The first-order valence-corrected chi connectivity index (χ1v) is 11.6. The third kappa shape index (κ3) is 5.78. The first-order chi connectivity index (χ1) is 17.5. The van der Waals surface area contributed by atoms with Gasteiger partial charge in [-0.05, 0) is 54.3 Å². The summed E-state index contributed by atoms with van der Waals surface area (Å²) in [5, 5.41) is 2.70. The quantitative estimate of drug-likeness (QED) is 0.349. The molecule has 3 aromatic rings. The van der Waals surface area contributed by atoms with E-state index in [0.29, 0.717) is 19.4 Å². The molecule has 8 heteroatoms. The molecule has 0 saturated heterocycles. The molecule has 0 bridgehead atoms. The lowest BCUT2D eigenvalue weighted by molar-refractivity contribution is -0.124. The summed E-state index contributed by atoms with van der Waals surface area (Å²) in [6, 6.07) is 21.3. The molecule has 8 nitrogen and oxygen atoms in total. The summed E-state index contributed by atoms with van der Waals surface area (Å²) >= 11 is 0. The highest BCUT2D eigenvalue weighted by Gasteiger charge is 2.35. The Bertz CT molecular complexity index is 1270. The second kappa shape index (κ2) is 11.3. The van der Waals surface area contributed by atoms with E-state index in [4.69, 9.17) is 9.47 Å². The molecule has 3 aromatic carbocycles. The Hall–Kier alpha value is -4.46. The van der Waals surface area contributed by atoms with E-state index in [9.17, 15) is 19.2 Å². The zero-order chi connectivity index (χ0) is 25.5. The van der Waals surface area contributed by atoms with Crippen molar-refractivity contribution in [2.45, 2.75) is 12.8 Å². The average molecular weight is 487 g/mol. The average Bonchev–Trinajstić information content (AvgIpc) is 3.15. The topological polar surface area (TPSA) is 102 Å². The van der Waals surface area contributed by atoms with Crippen LogP contribution >= 0.6 is 0 Å². The highest BCUT2D eigenvalue weighted by atomic mass is 16.5. The Morgan fingerprint density at radius 2 is 1.53 bits per heavy atom. The molecule has 4 rings (SSSR count). The van der Waals surface area contributed by atoms with Crippen molar-refractivity contribution in [2.75, 3.05) is 26.8 Å². The largest absolute Gasteiger partial charge is 0.497 e. The highest BCUT2D eigenvalue weighted by Crippen LogP contribution is 2.24. The lowest BCUT2D eigenvalue weighted by Crippen LogP contribution is -2.31. The molecular weight excluding hydrogens is 460 g/mol. The number of nitrogens with one attached hydrogen (secondary N) is 1. The minimum absolute atomic E-state index is 0.103. The maximum Gasteiger partial charge on any atom is 0.338 e. The van der Waals surface area contributed by atoms with Gasteiger partial charge >= 0.3 is 5.97 Å². The molecule has 0 aromatic heterocycles. The van der Waals surface area contributed by atoms with E-state index in [1.807, 2.05) is 54.6 Å². The Labute approximate surface area is 208 Å². The van der Waals surface area contributed by atoms with Crippen molar-refractivity contribution in [1.82, 2.24) is 10.2 Å². The molecular formula is C28H26N2O6. The zero-order valence-corrected chi connectivity index (χ0v) is 19.9. The number of ether oxygens (including phenoxy) is 2. The number of benzene rings is 3. The number of nitrogens with zero attached hydrogens (tertiary/aromatic N) is 1. The molecule has 1 heterocycles. The van der Waals surface area contributed by atoms with Crippen molar-refractivity contribution in [2.24, 2.45) is 0 Å². The maximum atomic E-state index is 12.8. The minimum Gasteiger partial charge on any atom is -0.497 e. The number of carbonyl (C=O) groups excluding carboxylic acids is 4. The summed E-state index contributed by atoms with van der Waals surface area (Å²) in [5.74, 6) is -1.26. The standard InChI is InChI=1S/C28H26N2O6/c1-35-22-10-7-20(8-11-22)13-15-29-25(31)18-36-28(34)21-9-12-23-24(17-21)27(33)30(26(23)32)16-14-19-5-3-2-4-6-19/h2-12,17H,13-16,18H2,1H3,(H,29,31). The normalized spacial score (nSPS) is 12.3. The number of fused-ring (bicyclic) bond motifs is 1. The molecule has 1 aliphatic heterocycles. The van der Waals surface area contributed by atoms with Crippen molar-refractivity contribution < 1.29 is 28.7 Å². The monoisotopic (exact) mass is 486 g/mol. The predicted octanol–water partition coefficient (Wildman–Crippen LogP) is 3.05.